The van der Waals surface area contributed by atoms with E-state index in [9.17, 15) is 4.79 Å². The average Bonchev–Trinajstić information content (AvgIpc) is 2.51. The predicted octanol–water partition coefficient (Wildman–Crippen LogP) is 2.24. The second-order valence-electron chi connectivity index (χ2n) is 4.96. The van der Waals surface area contributed by atoms with Crippen LogP contribution in [-0.2, 0) is 11.2 Å². The van der Waals surface area contributed by atoms with E-state index in [-0.39, 0.29) is 0 Å². The predicted molar refractivity (Wildman–Crippen MR) is 86.6 cm³/mol. The van der Waals surface area contributed by atoms with Gasteiger partial charge in [-0.1, -0.05) is 32.6 Å². The van der Waals surface area contributed by atoms with Gasteiger partial charge in [-0.05, 0) is 33.4 Å². The van der Waals surface area contributed by atoms with Gasteiger partial charge in [0.25, 0.3) is 0 Å². The highest BCUT2D eigenvalue weighted by atomic mass is 16.5. The molecular formula is C17H25N3O2. The SMILES string of the molecule is CCc1nc(C)ncc1C(=O)O[C@@H](C)C#CCN(CC)CC. The molecule has 0 aromatic carbocycles. The molecule has 0 amide bonds. The van der Waals surface area contributed by atoms with E-state index in [2.05, 4.69) is 40.6 Å². The van der Waals surface area contributed by atoms with Gasteiger partial charge < -0.3 is 4.74 Å². The van der Waals surface area contributed by atoms with E-state index in [1.165, 1.54) is 6.20 Å². The van der Waals surface area contributed by atoms with Crippen LogP contribution in [0.5, 0.6) is 0 Å². The molecule has 0 bridgehead atoms. The Morgan fingerprint density at radius 3 is 2.64 bits per heavy atom. The van der Waals surface area contributed by atoms with E-state index in [0.717, 1.165) is 13.1 Å². The van der Waals surface area contributed by atoms with Crippen molar-refractivity contribution in [2.45, 2.75) is 47.1 Å². The third-order valence-electron chi connectivity index (χ3n) is 3.33. The Hall–Kier alpha value is -1.93. The maximum absolute atomic E-state index is 12.2. The summed E-state index contributed by atoms with van der Waals surface area (Å²) in [6, 6.07) is 0. The molecule has 1 aromatic rings. The quantitative estimate of drug-likeness (QED) is 0.596. The maximum atomic E-state index is 12.2. The van der Waals surface area contributed by atoms with Gasteiger partial charge in [0, 0.05) is 6.20 Å². The Balaban J connectivity index is 2.67. The summed E-state index contributed by atoms with van der Waals surface area (Å²) >= 11 is 0. The monoisotopic (exact) mass is 303 g/mol. The molecule has 5 heteroatoms. The van der Waals surface area contributed by atoms with Crippen LogP contribution >= 0.6 is 0 Å². The lowest BCUT2D eigenvalue weighted by atomic mass is 10.2. The molecule has 0 aliphatic rings. The first-order valence-electron chi connectivity index (χ1n) is 7.75. The molecule has 1 atom stereocenters. The Bertz CT molecular complexity index is 557. The molecule has 0 aliphatic carbocycles. The zero-order valence-corrected chi connectivity index (χ0v) is 14.1. The number of esters is 1. The van der Waals surface area contributed by atoms with Gasteiger partial charge in [-0.3, -0.25) is 4.90 Å². The standard InChI is InChI=1S/C17H25N3O2/c1-6-16-15(12-18-14(5)19-16)17(21)22-13(4)10-9-11-20(7-2)8-3/h12-13H,6-8,11H2,1-5H3/t13-/m0/s1. The zero-order valence-electron chi connectivity index (χ0n) is 14.1. The van der Waals surface area contributed by atoms with Crippen LogP contribution in [-0.4, -0.2) is 46.6 Å². The summed E-state index contributed by atoms with van der Waals surface area (Å²) in [5.41, 5.74) is 1.13. The van der Waals surface area contributed by atoms with Gasteiger partial charge in [0.2, 0.25) is 0 Å². The summed E-state index contributed by atoms with van der Waals surface area (Å²) in [7, 11) is 0. The minimum atomic E-state index is -0.450. The summed E-state index contributed by atoms with van der Waals surface area (Å²) in [6.45, 7) is 12.3. The van der Waals surface area contributed by atoms with E-state index >= 15 is 0 Å². The van der Waals surface area contributed by atoms with Crippen LogP contribution in [0.25, 0.3) is 0 Å². The number of nitrogens with zero attached hydrogens (tertiary/aromatic N) is 3. The summed E-state index contributed by atoms with van der Waals surface area (Å²) in [5.74, 6) is 6.24. The number of rotatable bonds is 6. The molecule has 1 heterocycles. The van der Waals surface area contributed by atoms with E-state index in [1.807, 2.05) is 6.92 Å². The number of aryl methyl sites for hydroxylation is 2. The lowest BCUT2D eigenvalue weighted by Gasteiger charge is -2.13. The number of aromatic nitrogens is 2. The molecule has 120 valence electrons. The van der Waals surface area contributed by atoms with Crippen molar-refractivity contribution in [1.29, 1.82) is 0 Å². The first-order chi connectivity index (χ1) is 10.5. The summed E-state index contributed by atoms with van der Waals surface area (Å²) in [5, 5.41) is 0. The number of carbonyl (C=O) groups excluding carboxylic acids is 1. The fraction of sp³-hybridized carbons (Fsp3) is 0.588. The first-order valence-corrected chi connectivity index (χ1v) is 7.75. The minimum absolute atomic E-state index is 0.415. The Morgan fingerprint density at radius 1 is 1.36 bits per heavy atom. The summed E-state index contributed by atoms with van der Waals surface area (Å²) in [6.07, 6.45) is 1.74. The molecule has 0 saturated carbocycles. The fourth-order valence-electron chi connectivity index (χ4n) is 1.96. The first kappa shape index (κ1) is 18.1. The van der Waals surface area contributed by atoms with Gasteiger partial charge in [-0.2, -0.15) is 0 Å². The highest BCUT2D eigenvalue weighted by Gasteiger charge is 2.16. The van der Waals surface area contributed by atoms with Crippen molar-refractivity contribution in [3.8, 4) is 11.8 Å². The maximum Gasteiger partial charge on any atom is 0.342 e. The van der Waals surface area contributed by atoms with E-state index in [0.29, 0.717) is 30.0 Å². The highest BCUT2D eigenvalue weighted by molar-refractivity contribution is 5.90. The Kier molecular flexibility index (Phi) is 7.55. The molecule has 0 fully saturated rings. The lowest BCUT2D eigenvalue weighted by Crippen LogP contribution is -2.23. The molecule has 0 aliphatic heterocycles. The molecule has 0 N–H and O–H groups in total. The topological polar surface area (TPSA) is 55.3 Å². The summed E-state index contributed by atoms with van der Waals surface area (Å²) in [4.78, 5) is 22.7. The van der Waals surface area contributed by atoms with Crippen molar-refractivity contribution in [1.82, 2.24) is 14.9 Å². The number of carbonyl (C=O) groups is 1. The van der Waals surface area contributed by atoms with Crippen molar-refractivity contribution < 1.29 is 9.53 Å². The molecule has 0 spiro atoms. The lowest BCUT2D eigenvalue weighted by molar-refractivity contribution is 0.0436. The van der Waals surface area contributed by atoms with Gasteiger partial charge in [-0.25, -0.2) is 14.8 Å². The minimum Gasteiger partial charge on any atom is -0.446 e. The Labute approximate surface area is 133 Å². The smallest absolute Gasteiger partial charge is 0.342 e. The van der Waals surface area contributed by atoms with Crippen LogP contribution in [0.3, 0.4) is 0 Å². The summed E-state index contributed by atoms with van der Waals surface area (Å²) < 4.78 is 5.36. The van der Waals surface area contributed by atoms with E-state index in [4.69, 9.17) is 4.74 Å². The molecule has 0 radical (unpaired) electrons. The van der Waals surface area contributed by atoms with Gasteiger partial charge in [0.1, 0.15) is 5.82 Å². The van der Waals surface area contributed by atoms with Crippen molar-refractivity contribution >= 4 is 5.97 Å². The molecule has 1 rings (SSSR count). The molecule has 1 aromatic heterocycles. The highest BCUT2D eigenvalue weighted by Crippen LogP contribution is 2.09. The van der Waals surface area contributed by atoms with Crippen LogP contribution in [0.1, 0.15) is 49.6 Å². The van der Waals surface area contributed by atoms with Gasteiger partial charge >= 0.3 is 5.97 Å². The zero-order chi connectivity index (χ0) is 16.5. The number of hydrogen-bond donors (Lipinski definition) is 0. The van der Waals surface area contributed by atoms with Crippen molar-refractivity contribution in [3.63, 3.8) is 0 Å². The molecule has 0 unspecified atom stereocenters. The third kappa shape index (κ3) is 5.45. The largest absolute Gasteiger partial charge is 0.446 e. The molecular weight excluding hydrogens is 278 g/mol. The second-order valence-corrected chi connectivity index (χ2v) is 4.96. The fourth-order valence-corrected chi connectivity index (χ4v) is 1.96. The molecule has 22 heavy (non-hydrogen) atoms. The van der Waals surface area contributed by atoms with Crippen molar-refractivity contribution in [3.05, 3.63) is 23.3 Å². The van der Waals surface area contributed by atoms with Gasteiger partial charge in [-0.15, -0.1) is 0 Å². The van der Waals surface area contributed by atoms with E-state index < -0.39 is 12.1 Å². The normalized spacial score (nSPS) is 11.7. The average molecular weight is 303 g/mol. The number of ether oxygens (including phenoxy) is 1. The molecule has 5 nitrogen and oxygen atoms in total. The van der Waals surface area contributed by atoms with Gasteiger partial charge in [0.05, 0.1) is 17.8 Å². The van der Waals surface area contributed by atoms with Crippen LogP contribution in [0.15, 0.2) is 6.20 Å². The Morgan fingerprint density at radius 2 is 2.05 bits per heavy atom. The van der Waals surface area contributed by atoms with Crippen LogP contribution in [0.4, 0.5) is 0 Å². The van der Waals surface area contributed by atoms with Crippen molar-refractivity contribution in [2.75, 3.05) is 19.6 Å². The second kappa shape index (κ2) is 9.16. The van der Waals surface area contributed by atoms with Gasteiger partial charge in [0.15, 0.2) is 6.10 Å². The number of hydrogen-bond acceptors (Lipinski definition) is 5. The molecule has 0 saturated heterocycles. The van der Waals surface area contributed by atoms with Crippen molar-refractivity contribution in [2.24, 2.45) is 0 Å². The third-order valence-corrected chi connectivity index (χ3v) is 3.33. The van der Waals surface area contributed by atoms with E-state index in [1.54, 1.807) is 13.8 Å². The van der Waals surface area contributed by atoms with Crippen LogP contribution < -0.4 is 0 Å². The van der Waals surface area contributed by atoms with Crippen LogP contribution in [0, 0.1) is 18.8 Å². The van der Waals surface area contributed by atoms with Crippen LogP contribution in [0.2, 0.25) is 0 Å².